The molecule has 0 aliphatic carbocycles. The van der Waals surface area contributed by atoms with Gasteiger partial charge in [0.2, 0.25) is 0 Å². The summed E-state index contributed by atoms with van der Waals surface area (Å²) in [5, 5.41) is -0.708. The lowest BCUT2D eigenvalue weighted by molar-refractivity contribution is 0.492. The van der Waals surface area contributed by atoms with Gasteiger partial charge in [-0.15, -0.1) is 0 Å². The molecular weight excluding hydrogens is 256 g/mol. The SMILES string of the molecule is Fc1cc(CBr)c(F)c(Cl)c1F. The monoisotopic (exact) mass is 258 g/mol. The molecule has 1 aromatic rings. The van der Waals surface area contributed by atoms with Crippen LogP contribution in [0.5, 0.6) is 0 Å². The molecule has 66 valence electrons. The Morgan fingerprint density at radius 2 is 1.83 bits per heavy atom. The summed E-state index contributed by atoms with van der Waals surface area (Å²) in [6.45, 7) is 0. The van der Waals surface area contributed by atoms with Crippen LogP contribution in [-0.4, -0.2) is 0 Å². The molecule has 12 heavy (non-hydrogen) atoms. The molecule has 0 aliphatic heterocycles. The van der Waals surface area contributed by atoms with E-state index in [1.54, 1.807) is 0 Å². The van der Waals surface area contributed by atoms with Gasteiger partial charge in [-0.3, -0.25) is 0 Å². The van der Waals surface area contributed by atoms with Crippen LogP contribution in [0.15, 0.2) is 6.07 Å². The van der Waals surface area contributed by atoms with Gasteiger partial charge in [-0.1, -0.05) is 27.5 Å². The van der Waals surface area contributed by atoms with Crippen molar-refractivity contribution in [3.8, 4) is 0 Å². The third-order valence-corrected chi connectivity index (χ3v) is 2.26. The van der Waals surface area contributed by atoms with E-state index >= 15 is 0 Å². The first-order chi connectivity index (χ1) is 5.57. The molecule has 0 aromatic heterocycles. The van der Waals surface area contributed by atoms with Crippen LogP contribution in [0.25, 0.3) is 0 Å². The number of hydrogen-bond donors (Lipinski definition) is 0. The van der Waals surface area contributed by atoms with E-state index in [-0.39, 0.29) is 10.9 Å². The number of rotatable bonds is 1. The van der Waals surface area contributed by atoms with Crippen molar-refractivity contribution in [1.82, 2.24) is 0 Å². The smallest absolute Gasteiger partial charge is 0.180 e. The zero-order valence-corrected chi connectivity index (χ0v) is 8.02. The van der Waals surface area contributed by atoms with Gasteiger partial charge >= 0.3 is 0 Å². The van der Waals surface area contributed by atoms with Crippen LogP contribution in [0.2, 0.25) is 5.02 Å². The molecule has 0 fully saturated rings. The molecule has 0 aliphatic rings. The average Bonchev–Trinajstić information content (AvgIpc) is 2.08. The van der Waals surface area contributed by atoms with E-state index in [2.05, 4.69) is 15.9 Å². The van der Waals surface area contributed by atoms with Crippen molar-refractivity contribution in [2.75, 3.05) is 0 Å². The standard InChI is InChI=1S/C7H3BrClF3/c8-2-3-1-4(10)7(12)5(9)6(3)11/h1H,2H2. The highest BCUT2D eigenvalue weighted by Crippen LogP contribution is 2.25. The maximum Gasteiger partial charge on any atom is 0.180 e. The predicted molar refractivity (Wildman–Crippen MR) is 44.0 cm³/mol. The van der Waals surface area contributed by atoms with Crippen LogP contribution in [-0.2, 0) is 5.33 Å². The van der Waals surface area contributed by atoms with Crippen LogP contribution in [0.4, 0.5) is 13.2 Å². The van der Waals surface area contributed by atoms with Gasteiger partial charge in [-0.2, -0.15) is 0 Å². The Hall–Kier alpha value is -0.220. The van der Waals surface area contributed by atoms with Crippen LogP contribution < -0.4 is 0 Å². The van der Waals surface area contributed by atoms with E-state index in [1.807, 2.05) is 0 Å². The van der Waals surface area contributed by atoms with Crippen molar-refractivity contribution in [2.45, 2.75) is 5.33 Å². The minimum Gasteiger partial charge on any atom is -0.205 e. The van der Waals surface area contributed by atoms with E-state index in [9.17, 15) is 13.2 Å². The van der Waals surface area contributed by atoms with E-state index in [4.69, 9.17) is 11.6 Å². The number of benzene rings is 1. The Morgan fingerprint density at radius 3 is 2.33 bits per heavy atom. The van der Waals surface area contributed by atoms with Gasteiger partial charge in [0.1, 0.15) is 10.8 Å². The van der Waals surface area contributed by atoms with Gasteiger partial charge in [0, 0.05) is 10.9 Å². The molecule has 0 saturated heterocycles. The lowest BCUT2D eigenvalue weighted by atomic mass is 10.2. The number of alkyl halides is 1. The second kappa shape index (κ2) is 3.66. The summed E-state index contributed by atoms with van der Waals surface area (Å²) >= 11 is 8.07. The zero-order valence-electron chi connectivity index (χ0n) is 5.67. The first-order valence-corrected chi connectivity index (χ1v) is 4.45. The Morgan fingerprint density at radius 1 is 1.25 bits per heavy atom. The maximum absolute atomic E-state index is 12.9. The molecule has 0 bridgehead atoms. The first kappa shape index (κ1) is 9.86. The minimum atomic E-state index is -1.35. The highest BCUT2D eigenvalue weighted by Gasteiger charge is 2.15. The van der Waals surface area contributed by atoms with E-state index in [1.165, 1.54) is 0 Å². The molecular formula is C7H3BrClF3. The fraction of sp³-hybridized carbons (Fsp3) is 0.143. The highest BCUT2D eigenvalue weighted by molar-refractivity contribution is 9.08. The summed E-state index contributed by atoms with van der Waals surface area (Å²) in [5.41, 5.74) is -0.00102. The molecule has 0 unspecified atom stereocenters. The third-order valence-electron chi connectivity index (χ3n) is 1.32. The summed E-state index contributed by atoms with van der Waals surface area (Å²) in [7, 11) is 0. The minimum absolute atomic E-state index is 0.00102. The maximum atomic E-state index is 12.9. The fourth-order valence-corrected chi connectivity index (χ4v) is 1.34. The average molecular weight is 259 g/mol. The summed E-state index contributed by atoms with van der Waals surface area (Å²) in [6, 6.07) is 0.769. The van der Waals surface area contributed by atoms with Crippen molar-refractivity contribution >= 4 is 27.5 Å². The first-order valence-electron chi connectivity index (χ1n) is 2.95. The second-order valence-corrected chi connectivity index (χ2v) is 3.03. The second-order valence-electron chi connectivity index (χ2n) is 2.09. The Labute approximate surface area is 80.5 Å². The quantitative estimate of drug-likeness (QED) is 0.410. The summed E-state index contributed by atoms with van der Waals surface area (Å²) < 4.78 is 38.0. The van der Waals surface area contributed by atoms with Crippen molar-refractivity contribution in [2.24, 2.45) is 0 Å². The normalized spacial score (nSPS) is 10.4. The van der Waals surface area contributed by atoms with Crippen molar-refractivity contribution in [1.29, 1.82) is 0 Å². The van der Waals surface area contributed by atoms with Crippen LogP contribution in [0, 0.1) is 17.5 Å². The molecule has 0 spiro atoms. The largest absolute Gasteiger partial charge is 0.205 e. The molecule has 0 atom stereocenters. The highest BCUT2D eigenvalue weighted by atomic mass is 79.9. The summed E-state index contributed by atoms with van der Waals surface area (Å²) in [6.07, 6.45) is 0. The topological polar surface area (TPSA) is 0 Å². The molecule has 1 aromatic carbocycles. The van der Waals surface area contributed by atoms with Gasteiger partial charge < -0.3 is 0 Å². The lowest BCUT2D eigenvalue weighted by Gasteiger charge is -2.02. The van der Waals surface area contributed by atoms with Gasteiger partial charge in [-0.25, -0.2) is 13.2 Å². The molecule has 1 rings (SSSR count). The number of hydrogen-bond acceptors (Lipinski definition) is 0. The third kappa shape index (κ3) is 1.59. The molecule has 0 nitrogen and oxygen atoms in total. The predicted octanol–water partition coefficient (Wildman–Crippen LogP) is 3.65. The van der Waals surface area contributed by atoms with Crippen LogP contribution in [0.1, 0.15) is 5.56 Å². The van der Waals surface area contributed by atoms with E-state index < -0.39 is 22.5 Å². The molecule has 0 radical (unpaired) electrons. The Balaban J connectivity index is 3.39. The Bertz CT molecular complexity index is 314. The van der Waals surface area contributed by atoms with Crippen molar-refractivity contribution in [3.05, 3.63) is 34.1 Å². The molecule has 0 amide bonds. The van der Waals surface area contributed by atoms with Gasteiger partial charge in [0.25, 0.3) is 0 Å². The molecule has 0 saturated carbocycles. The molecule has 5 heteroatoms. The molecule has 0 N–H and O–H groups in total. The summed E-state index contributed by atoms with van der Waals surface area (Å²) in [5.74, 6) is -3.41. The fourth-order valence-electron chi connectivity index (χ4n) is 0.719. The van der Waals surface area contributed by atoms with Crippen molar-refractivity contribution in [3.63, 3.8) is 0 Å². The van der Waals surface area contributed by atoms with Crippen LogP contribution >= 0.6 is 27.5 Å². The van der Waals surface area contributed by atoms with E-state index in [0.717, 1.165) is 6.07 Å². The Kier molecular flexibility index (Phi) is 3.01. The summed E-state index contributed by atoms with van der Waals surface area (Å²) in [4.78, 5) is 0. The van der Waals surface area contributed by atoms with Gasteiger partial charge in [-0.05, 0) is 6.07 Å². The van der Waals surface area contributed by atoms with Crippen LogP contribution in [0.3, 0.4) is 0 Å². The lowest BCUT2D eigenvalue weighted by Crippen LogP contribution is -1.95. The van der Waals surface area contributed by atoms with Gasteiger partial charge in [0.05, 0.1) is 0 Å². The van der Waals surface area contributed by atoms with E-state index in [0.29, 0.717) is 0 Å². The van der Waals surface area contributed by atoms with Crippen molar-refractivity contribution < 1.29 is 13.2 Å². The number of halogens is 5. The van der Waals surface area contributed by atoms with Gasteiger partial charge in [0.15, 0.2) is 11.6 Å². The zero-order chi connectivity index (χ0) is 9.30. The molecule has 0 heterocycles.